The topological polar surface area (TPSA) is 71.1 Å². The van der Waals surface area contributed by atoms with E-state index in [1.54, 1.807) is 30.3 Å². The van der Waals surface area contributed by atoms with Crippen molar-refractivity contribution in [2.24, 2.45) is 0 Å². The van der Waals surface area contributed by atoms with Crippen LogP contribution in [0.25, 0.3) is 0 Å². The van der Waals surface area contributed by atoms with E-state index >= 15 is 0 Å². The molecule has 2 aromatic rings. The number of nitrogens with zero attached hydrogens (tertiary/aromatic N) is 3. The first-order valence-electron chi connectivity index (χ1n) is 6.75. The van der Waals surface area contributed by atoms with E-state index in [9.17, 15) is 4.79 Å². The fourth-order valence-corrected chi connectivity index (χ4v) is 2.45. The molecule has 0 fully saturated rings. The highest BCUT2D eigenvalue weighted by atomic mass is 16.5. The summed E-state index contributed by atoms with van der Waals surface area (Å²) in [6.07, 6.45) is 1.60. The molecule has 6 heteroatoms. The van der Waals surface area contributed by atoms with Gasteiger partial charge in [0, 0.05) is 24.5 Å². The van der Waals surface area contributed by atoms with Gasteiger partial charge in [-0.2, -0.15) is 5.10 Å². The number of amides is 1. The first kappa shape index (κ1) is 15.0. The number of methoxy groups -OCH3 is 1. The molecule has 0 saturated heterocycles. The minimum Gasteiger partial charge on any atom is -0.480 e. The molecule has 0 spiro atoms. The lowest BCUT2D eigenvalue weighted by Crippen LogP contribution is -2.30. The van der Waals surface area contributed by atoms with Gasteiger partial charge in [0.15, 0.2) is 0 Å². The van der Waals surface area contributed by atoms with Crippen molar-refractivity contribution in [3.8, 4) is 5.88 Å². The van der Waals surface area contributed by atoms with Crippen LogP contribution >= 0.6 is 0 Å². The van der Waals surface area contributed by atoms with Gasteiger partial charge >= 0.3 is 0 Å². The Hall–Kier alpha value is -2.37. The number of carbonyl (C=O) groups excluding carboxylic acids is 1. The number of H-pyrrole nitrogens is 1. The summed E-state index contributed by atoms with van der Waals surface area (Å²) in [4.78, 5) is 18.4. The second kappa shape index (κ2) is 5.95. The SMILES string of the molecule is COc1ncccc1C(=O)N(C)[C@H](C)c1c(C)n[nH]c1C. The van der Waals surface area contributed by atoms with Gasteiger partial charge in [-0.3, -0.25) is 9.89 Å². The summed E-state index contributed by atoms with van der Waals surface area (Å²) in [6, 6.07) is 3.34. The summed E-state index contributed by atoms with van der Waals surface area (Å²) in [5.41, 5.74) is 3.36. The number of aryl methyl sites for hydroxylation is 2. The Morgan fingerprint density at radius 1 is 1.43 bits per heavy atom. The van der Waals surface area contributed by atoms with Crippen LogP contribution in [0.3, 0.4) is 0 Å². The standard InChI is InChI=1S/C15H20N4O2/c1-9-13(10(2)18-17-9)11(3)19(4)15(20)12-7-6-8-16-14(12)21-5/h6-8,11H,1-5H3,(H,17,18)/t11-/m1/s1. The van der Waals surface area contributed by atoms with E-state index in [1.807, 2.05) is 20.8 Å². The van der Waals surface area contributed by atoms with Crippen LogP contribution in [-0.4, -0.2) is 40.1 Å². The molecule has 0 aromatic carbocycles. The normalized spacial score (nSPS) is 12.0. The molecular formula is C15H20N4O2. The maximum Gasteiger partial charge on any atom is 0.259 e. The van der Waals surface area contributed by atoms with E-state index < -0.39 is 0 Å². The first-order chi connectivity index (χ1) is 9.97. The molecule has 0 unspecified atom stereocenters. The summed E-state index contributed by atoms with van der Waals surface area (Å²) < 4.78 is 5.16. The van der Waals surface area contributed by atoms with Crippen molar-refractivity contribution in [3.63, 3.8) is 0 Å². The fraction of sp³-hybridized carbons (Fsp3) is 0.400. The zero-order valence-corrected chi connectivity index (χ0v) is 13.0. The van der Waals surface area contributed by atoms with Crippen LogP contribution in [0, 0.1) is 13.8 Å². The van der Waals surface area contributed by atoms with Crippen LogP contribution < -0.4 is 4.74 Å². The van der Waals surface area contributed by atoms with Crippen LogP contribution in [0.4, 0.5) is 0 Å². The van der Waals surface area contributed by atoms with Gasteiger partial charge in [-0.25, -0.2) is 4.98 Å². The van der Waals surface area contributed by atoms with E-state index in [0.29, 0.717) is 11.4 Å². The van der Waals surface area contributed by atoms with Gasteiger partial charge in [0.25, 0.3) is 5.91 Å². The summed E-state index contributed by atoms with van der Waals surface area (Å²) in [6.45, 7) is 5.86. The van der Waals surface area contributed by atoms with Crippen molar-refractivity contribution in [1.29, 1.82) is 0 Å². The highest BCUT2D eigenvalue weighted by Gasteiger charge is 2.25. The molecule has 0 saturated carbocycles. The zero-order valence-electron chi connectivity index (χ0n) is 13.0. The predicted molar refractivity (Wildman–Crippen MR) is 79.4 cm³/mol. The van der Waals surface area contributed by atoms with Gasteiger partial charge in [0.05, 0.1) is 18.8 Å². The number of pyridine rings is 1. The third-order valence-corrected chi connectivity index (χ3v) is 3.70. The number of carbonyl (C=O) groups is 1. The van der Waals surface area contributed by atoms with Gasteiger partial charge in [0.2, 0.25) is 5.88 Å². The molecular weight excluding hydrogens is 268 g/mol. The number of aromatic amines is 1. The second-order valence-electron chi connectivity index (χ2n) is 5.00. The lowest BCUT2D eigenvalue weighted by atomic mass is 10.0. The lowest BCUT2D eigenvalue weighted by molar-refractivity contribution is 0.0738. The summed E-state index contributed by atoms with van der Waals surface area (Å²) in [7, 11) is 3.28. The number of nitrogens with one attached hydrogen (secondary N) is 1. The van der Waals surface area contributed by atoms with Gasteiger partial charge < -0.3 is 9.64 Å². The smallest absolute Gasteiger partial charge is 0.259 e. The highest BCUT2D eigenvalue weighted by Crippen LogP contribution is 2.26. The monoisotopic (exact) mass is 288 g/mol. The second-order valence-corrected chi connectivity index (χ2v) is 5.00. The minimum atomic E-state index is -0.132. The predicted octanol–water partition coefficient (Wildman–Crippen LogP) is 2.26. The molecule has 2 rings (SSSR count). The fourth-order valence-electron chi connectivity index (χ4n) is 2.45. The maximum atomic E-state index is 12.7. The largest absolute Gasteiger partial charge is 0.480 e. The van der Waals surface area contributed by atoms with Gasteiger partial charge in [-0.05, 0) is 32.9 Å². The average molecular weight is 288 g/mol. The number of ether oxygens (including phenoxy) is 1. The molecule has 112 valence electrons. The summed E-state index contributed by atoms with van der Waals surface area (Å²) in [5, 5.41) is 7.13. The van der Waals surface area contributed by atoms with E-state index in [2.05, 4.69) is 15.2 Å². The zero-order chi connectivity index (χ0) is 15.6. The third-order valence-electron chi connectivity index (χ3n) is 3.70. The van der Waals surface area contributed by atoms with Crippen LogP contribution in [-0.2, 0) is 0 Å². The first-order valence-corrected chi connectivity index (χ1v) is 6.75. The molecule has 2 heterocycles. The molecule has 0 aliphatic rings. The minimum absolute atomic E-state index is 0.0961. The Balaban J connectivity index is 2.31. The molecule has 0 bridgehead atoms. The Labute approximate surface area is 124 Å². The number of aromatic nitrogens is 3. The van der Waals surface area contributed by atoms with Gasteiger partial charge in [0.1, 0.15) is 5.56 Å². The van der Waals surface area contributed by atoms with E-state index in [1.165, 1.54) is 7.11 Å². The molecule has 0 aliphatic heterocycles. The van der Waals surface area contributed by atoms with Crippen molar-refractivity contribution in [3.05, 3.63) is 40.8 Å². The Kier molecular flexibility index (Phi) is 4.26. The van der Waals surface area contributed by atoms with Gasteiger partial charge in [-0.1, -0.05) is 0 Å². The molecule has 1 atom stereocenters. The third kappa shape index (κ3) is 2.74. The summed E-state index contributed by atoms with van der Waals surface area (Å²) >= 11 is 0. The van der Waals surface area contributed by atoms with Gasteiger partial charge in [-0.15, -0.1) is 0 Å². The van der Waals surface area contributed by atoms with E-state index in [0.717, 1.165) is 17.0 Å². The molecule has 1 amide bonds. The van der Waals surface area contributed by atoms with Crippen molar-refractivity contribution < 1.29 is 9.53 Å². The van der Waals surface area contributed by atoms with Crippen LogP contribution in [0.1, 0.15) is 40.3 Å². The van der Waals surface area contributed by atoms with Crippen molar-refractivity contribution in [2.75, 3.05) is 14.2 Å². The Morgan fingerprint density at radius 3 is 2.71 bits per heavy atom. The molecule has 2 aromatic heterocycles. The number of hydrogen-bond acceptors (Lipinski definition) is 4. The van der Waals surface area contributed by atoms with Crippen LogP contribution in [0.5, 0.6) is 5.88 Å². The Morgan fingerprint density at radius 2 is 2.14 bits per heavy atom. The van der Waals surface area contributed by atoms with Crippen LogP contribution in [0.2, 0.25) is 0 Å². The average Bonchev–Trinajstić information content (AvgIpc) is 2.84. The van der Waals surface area contributed by atoms with Crippen molar-refractivity contribution >= 4 is 5.91 Å². The van der Waals surface area contributed by atoms with Crippen LogP contribution in [0.15, 0.2) is 18.3 Å². The number of rotatable bonds is 4. The van der Waals surface area contributed by atoms with Crippen molar-refractivity contribution in [2.45, 2.75) is 26.8 Å². The molecule has 21 heavy (non-hydrogen) atoms. The Bertz CT molecular complexity index is 631. The molecule has 0 aliphatic carbocycles. The highest BCUT2D eigenvalue weighted by molar-refractivity contribution is 5.96. The molecule has 0 radical (unpaired) electrons. The quantitative estimate of drug-likeness (QED) is 0.936. The van der Waals surface area contributed by atoms with Crippen molar-refractivity contribution in [1.82, 2.24) is 20.1 Å². The molecule has 6 nitrogen and oxygen atoms in total. The number of hydrogen-bond donors (Lipinski definition) is 1. The maximum absolute atomic E-state index is 12.7. The lowest BCUT2D eigenvalue weighted by Gasteiger charge is -2.26. The van der Waals surface area contributed by atoms with E-state index in [4.69, 9.17) is 4.74 Å². The summed E-state index contributed by atoms with van der Waals surface area (Å²) in [5.74, 6) is 0.203. The van der Waals surface area contributed by atoms with E-state index in [-0.39, 0.29) is 11.9 Å². The molecule has 1 N–H and O–H groups in total.